The van der Waals surface area contributed by atoms with Crippen molar-refractivity contribution in [2.45, 2.75) is 6.92 Å². The van der Waals surface area contributed by atoms with E-state index >= 15 is 0 Å². The van der Waals surface area contributed by atoms with E-state index in [-0.39, 0.29) is 0 Å². The minimum absolute atomic E-state index is 0.481. The Bertz CT molecular complexity index is 562. The smallest absolute Gasteiger partial charge is 0.109 e. The molecular weight excluding hydrogens is 252 g/mol. The monoisotopic (exact) mass is 264 g/mol. The van der Waals surface area contributed by atoms with E-state index < -0.39 is 0 Å². The lowest BCUT2D eigenvalue weighted by atomic mass is 10.3. The number of nitrogens with zero attached hydrogens (tertiary/aromatic N) is 2. The van der Waals surface area contributed by atoms with Gasteiger partial charge in [0.2, 0.25) is 0 Å². The van der Waals surface area contributed by atoms with Gasteiger partial charge >= 0.3 is 0 Å². The first kappa shape index (κ1) is 12.1. The zero-order valence-electron chi connectivity index (χ0n) is 9.36. The molecule has 0 amide bonds. The second-order valence-electron chi connectivity index (χ2n) is 3.42. The highest BCUT2D eigenvalue weighted by molar-refractivity contribution is 8.16. The fourth-order valence-corrected chi connectivity index (χ4v) is 2.73. The number of anilines is 1. The molecule has 2 rings (SSSR count). The molecule has 0 aliphatic rings. The number of hydrogen-bond donors (Lipinski definition) is 2. The van der Waals surface area contributed by atoms with Gasteiger partial charge in [0.15, 0.2) is 0 Å². The van der Waals surface area contributed by atoms with Crippen molar-refractivity contribution in [3.63, 3.8) is 0 Å². The summed E-state index contributed by atoms with van der Waals surface area (Å²) in [7, 11) is 0. The van der Waals surface area contributed by atoms with E-state index in [0.717, 1.165) is 21.5 Å². The fraction of sp³-hybridized carbons (Fsp3) is 0.182. The Morgan fingerprint density at radius 3 is 3.29 bits per heavy atom. The highest BCUT2D eigenvalue weighted by atomic mass is 32.2. The maximum Gasteiger partial charge on any atom is 0.109 e. The van der Waals surface area contributed by atoms with Gasteiger partial charge in [0, 0.05) is 0 Å². The van der Waals surface area contributed by atoms with Crippen LogP contribution in [-0.4, -0.2) is 21.8 Å². The molecule has 4 nitrogen and oxygen atoms in total. The van der Waals surface area contributed by atoms with E-state index in [1.54, 1.807) is 22.9 Å². The highest BCUT2D eigenvalue weighted by Gasteiger charge is 2.07. The average Bonchev–Trinajstić information content (AvgIpc) is 2.70. The molecule has 0 aliphatic heterocycles. The van der Waals surface area contributed by atoms with Crippen LogP contribution in [0.4, 0.5) is 5.69 Å². The molecule has 0 unspecified atom stereocenters. The van der Waals surface area contributed by atoms with Crippen LogP contribution in [0.15, 0.2) is 23.6 Å². The lowest BCUT2D eigenvalue weighted by Crippen LogP contribution is -2.09. The number of aromatic nitrogens is 2. The van der Waals surface area contributed by atoms with Crippen LogP contribution in [-0.2, 0) is 0 Å². The topological polar surface area (TPSA) is 61.7 Å². The van der Waals surface area contributed by atoms with Crippen molar-refractivity contribution < 1.29 is 0 Å². The molecule has 6 heteroatoms. The predicted octanol–water partition coefficient (Wildman–Crippen LogP) is 3.27. The van der Waals surface area contributed by atoms with Gasteiger partial charge in [-0.05, 0) is 23.3 Å². The summed E-state index contributed by atoms with van der Waals surface area (Å²) < 4.78 is 1.09. The number of thioether (sulfide) groups is 1. The Labute approximate surface area is 108 Å². The van der Waals surface area contributed by atoms with Gasteiger partial charge in [-0.2, -0.15) is 5.10 Å². The van der Waals surface area contributed by atoms with E-state index in [2.05, 4.69) is 27.5 Å². The van der Waals surface area contributed by atoms with E-state index in [9.17, 15) is 0 Å². The third kappa shape index (κ3) is 2.65. The predicted molar refractivity (Wildman–Crippen MR) is 76.2 cm³/mol. The number of rotatable bonds is 4. The first-order valence-electron chi connectivity index (χ1n) is 5.00. The van der Waals surface area contributed by atoms with Crippen LogP contribution in [0.2, 0.25) is 0 Å². The van der Waals surface area contributed by atoms with Gasteiger partial charge in [-0.15, -0.1) is 16.4 Å². The van der Waals surface area contributed by atoms with Gasteiger partial charge in [0.25, 0.3) is 0 Å². The molecule has 0 aromatic carbocycles. The van der Waals surface area contributed by atoms with E-state index in [0.29, 0.717) is 11.6 Å². The second kappa shape index (κ2) is 5.29. The average molecular weight is 264 g/mol. The van der Waals surface area contributed by atoms with Crippen molar-refractivity contribution in [1.82, 2.24) is 10.2 Å². The van der Waals surface area contributed by atoms with Gasteiger partial charge in [-0.1, -0.05) is 18.3 Å². The highest BCUT2D eigenvalue weighted by Crippen LogP contribution is 2.29. The molecular formula is C11H12N4S2. The summed E-state index contributed by atoms with van der Waals surface area (Å²) in [5, 5.41) is 23.2. The zero-order valence-corrected chi connectivity index (χ0v) is 11.0. The lowest BCUT2D eigenvalue weighted by molar-refractivity contribution is 1.07. The lowest BCUT2D eigenvalue weighted by Gasteiger charge is -2.06. The van der Waals surface area contributed by atoms with Crippen molar-refractivity contribution >= 4 is 44.0 Å². The second-order valence-corrected chi connectivity index (χ2v) is 5.36. The van der Waals surface area contributed by atoms with E-state index in [1.165, 1.54) is 11.8 Å². The molecule has 88 valence electrons. The third-order valence-corrected chi connectivity index (χ3v) is 3.91. The van der Waals surface area contributed by atoms with Gasteiger partial charge < -0.3 is 5.32 Å². The first-order chi connectivity index (χ1) is 8.22. The van der Waals surface area contributed by atoms with Gasteiger partial charge in [0.1, 0.15) is 5.52 Å². The molecule has 2 aromatic rings. The standard InChI is InChI=1S/C11H12N4S2/c1-3-16-9(12)5-13-8-4-14-15-10-7(2)6-17-11(8)10/h3-4,6,12H,1,5H2,2H3,(H,13,15). The van der Waals surface area contributed by atoms with Gasteiger partial charge in [0.05, 0.1) is 28.2 Å². The van der Waals surface area contributed by atoms with Crippen molar-refractivity contribution in [2.75, 3.05) is 11.9 Å². The Hall–Kier alpha value is -1.40. The SMILES string of the molecule is C=CSC(=N)CNc1cnnc2c(C)csc12. The summed E-state index contributed by atoms with van der Waals surface area (Å²) in [5.74, 6) is 0. The summed E-state index contributed by atoms with van der Waals surface area (Å²) >= 11 is 2.96. The maximum atomic E-state index is 7.65. The minimum atomic E-state index is 0.481. The van der Waals surface area contributed by atoms with Crippen LogP contribution >= 0.6 is 23.1 Å². The Morgan fingerprint density at radius 1 is 1.71 bits per heavy atom. The van der Waals surface area contributed by atoms with Crippen molar-refractivity contribution in [2.24, 2.45) is 0 Å². The van der Waals surface area contributed by atoms with E-state index in [4.69, 9.17) is 5.41 Å². The maximum absolute atomic E-state index is 7.65. The summed E-state index contributed by atoms with van der Waals surface area (Å²) in [6.07, 6.45) is 1.70. The van der Waals surface area contributed by atoms with Crippen LogP contribution in [0.1, 0.15) is 5.56 Å². The molecule has 2 N–H and O–H groups in total. The molecule has 0 aliphatic carbocycles. The molecule has 0 saturated carbocycles. The summed E-state index contributed by atoms with van der Waals surface area (Å²) in [6, 6.07) is 0. The first-order valence-corrected chi connectivity index (χ1v) is 6.76. The molecule has 0 fully saturated rings. The molecule has 17 heavy (non-hydrogen) atoms. The molecule has 2 heterocycles. The quantitative estimate of drug-likeness (QED) is 0.657. The fourth-order valence-electron chi connectivity index (χ4n) is 1.40. The zero-order chi connectivity index (χ0) is 12.3. The van der Waals surface area contributed by atoms with Crippen LogP contribution in [0.5, 0.6) is 0 Å². The molecule has 0 saturated heterocycles. The van der Waals surface area contributed by atoms with Crippen molar-refractivity contribution in [3.8, 4) is 0 Å². The largest absolute Gasteiger partial charge is 0.376 e. The van der Waals surface area contributed by atoms with Crippen molar-refractivity contribution in [3.05, 3.63) is 29.1 Å². The Kier molecular flexibility index (Phi) is 3.75. The number of thiophene rings is 1. The molecule has 0 radical (unpaired) electrons. The van der Waals surface area contributed by atoms with Crippen LogP contribution in [0.3, 0.4) is 0 Å². The Morgan fingerprint density at radius 2 is 2.53 bits per heavy atom. The van der Waals surface area contributed by atoms with Crippen LogP contribution in [0, 0.1) is 12.3 Å². The molecule has 0 bridgehead atoms. The molecule has 0 spiro atoms. The summed E-state index contributed by atoms with van der Waals surface area (Å²) in [4.78, 5) is 0. The number of nitrogens with one attached hydrogen (secondary N) is 2. The minimum Gasteiger partial charge on any atom is -0.376 e. The van der Waals surface area contributed by atoms with E-state index in [1.807, 2.05) is 6.92 Å². The molecule has 0 atom stereocenters. The third-order valence-electron chi connectivity index (χ3n) is 2.20. The van der Waals surface area contributed by atoms with Gasteiger partial charge in [-0.3, -0.25) is 5.41 Å². The number of hydrogen-bond acceptors (Lipinski definition) is 6. The van der Waals surface area contributed by atoms with Crippen LogP contribution in [0.25, 0.3) is 10.2 Å². The van der Waals surface area contributed by atoms with Crippen LogP contribution < -0.4 is 5.32 Å². The molecule has 2 aromatic heterocycles. The van der Waals surface area contributed by atoms with Gasteiger partial charge in [-0.25, -0.2) is 0 Å². The number of aryl methyl sites for hydroxylation is 1. The summed E-state index contributed by atoms with van der Waals surface area (Å²) in [6.45, 7) is 6.08. The summed E-state index contributed by atoms with van der Waals surface area (Å²) in [5.41, 5.74) is 3.00. The normalized spacial score (nSPS) is 10.4. The Balaban J connectivity index is 2.18. The van der Waals surface area contributed by atoms with Crippen molar-refractivity contribution in [1.29, 1.82) is 5.41 Å². The number of fused-ring (bicyclic) bond motifs is 1.